The average molecular weight is 180 g/mol. The normalized spacial score (nSPS) is 8.92. The molecule has 0 saturated heterocycles. The second-order valence-corrected chi connectivity index (χ2v) is 1.96. The molecule has 1 heterocycles. The second-order valence-electron chi connectivity index (χ2n) is 1.96. The fourth-order valence-electron chi connectivity index (χ4n) is 0.634. The van der Waals surface area contributed by atoms with Crippen LogP contribution in [0.4, 0.5) is 4.79 Å². The van der Waals surface area contributed by atoms with Crippen LogP contribution in [-0.4, -0.2) is 17.0 Å². The summed E-state index contributed by atoms with van der Waals surface area (Å²) in [6, 6.07) is 4.49. The molecule has 66 valence electrons. The Balaban J connectivity index is 2.70. The minimum absolute atomic E-state index is 0.0560. The van der Waals surface area contributed by atoms with Crippen LogP contribution in [0.15, 0.2) is 29.6 Å². The van der Waals surface area contributed by atoms with Crippen molar-refractivity contribution in [2.24, 2.45) is 5.18 Å². The van der Waals surface area contributed by atoms with E-state index in [9.17, 15) is 14.5 Å². The minimum atomic E-state index is -1.48. The molecule has 0 spiro atoms. The molecule has 6 nitrogen and oxygen atoms in total. The van der Waals surface area contributed by atoms with Crippen molar-refractivity contribution in [3.05, 3.63) is 35.0 Å². The molecule has 0 bridgehead atoms. The lowest BCUT2D eigenvalue weighted by molar-refractivity contribution is 0.0632. The number of esters is 1. The Kier molecular flexibility index (Phi) is 2.80. The third-order valence-corrected chi connectivity index (χ3v) is 1.13. The van der Waals surface area contributed by atoms with Crippen LogP contribution in [0.1, 0.15) is 10.5 Å². The van der Waals surface area contributed by atoms with Crippen LogP contribution in [0, 0.1) is 4.91 Å². The molecule has 0 fully saturated rings. The number of carbonyl (C=O) groups excluding carboxylic acids is 2. The van der Waals surface area contributed by atoms with E-state index in [-0.39, 0.29) is 5.69 Å². The van der Waals surface area contributed by atoms with Gasteiger partial charge in [0.2, 0.25) is 0 Å². The number of hydrogen-bond acceptors (Lipinski definition) is 5. The summed E-state index contributed by atoms with van der Waals surface area (Å²) in [5.41, 5.74) is -0.0560. The van der Waals surface area contributed by atoms with E-state index < -0.39 is 12.1 Å². The van der Waals surface area contributed by atoms with Gasteiger partial charge in [0, 0.05) is 6.20 Å². The number of aromatic nitrogens is 1. The summed E-state index contributed by atoms with van der Waals surface area (Å²) in [7, 11) is 0. The van der Waals surface area contributed by atoms with E-state index >= 15 is 0 Å². The zero-order valence-electron chi connectivity index (χ0n) is 6.34. The topological polar surface area (TPSA) is 85.7 Å². The molecule has 0 aliphatic rings. The first-order valence-corrected chi connectivity index (χ1v) is 3.24. The summed E-state index contributed by atoms with van der Waals surface area (Å²) in [5.74, 6) is -0.995. The molecule has 0 radical (unpaired) electrons. The first-order valence-electron chi connectivity index (χ1n) is 3.24. The summed E-state index contributed by atoms with van der Waals surface area (Å²) in [4.78, 5) is 34.3. The number of nitrogens with zero attached hydrogens (tertiary/aromatic N) is 2. The quantitative estimate of drug-likeness (QED) is 0.367. The monoisotopic (exact) mass is 180 g/mol. The molecule has 13 heavy (non-hydrogen) atoms. The molecule has 1 rings (SSSR count). The van der Waals surface area contributed by atoms with Gasteiger partial charge in [-0.1, -0.05) is 6.07 Å². The summed E-state index contributed by atoms with van der Waals surface area (Å²) in [6.07, 6.45) is -0.120. The van der Waals surface area contributed by atoms with Crippen LogP contribution in [0.25, 0.3) is 0 Å². The first kappa shape index (κ1) is 8.98. The van der Waals surface area contributed by atoms with Gasteiger partial charge in [-0.15, -0.1) is 4.91 Å². The van der Waals surface area contributed by atoms with Gasteiger partial charge in [-0.25, -0.2) is 14.6 Å². The number of rotatable bonds is 1. The van der Waals surface area contributed by atoms with Crippen molar-refractivity contribution in [3.63, 3.8) is 0 Å². The molecule has 0 N–H and O–H groups in total. The van der Waals surface area contributed by atoms with Crippen molar-refractivity contribution >= 4 is 12.1 Å². The predicted octanol–water partition coefficient (Wildman–Crippen LogP) is 1.12. The number of amides is 1. The lowest BCUT2D eigenvalue weighted by Crippen LogP contribution is -2.10. The van der Waals surface area contributed by atoms with Gasteiger partial charge in [0.05, 0.1) is 5.18 Å². The van der Waals surface area contributed by atoms with E-state index in [1.807, 2.05) is 5.18 Å². The van der Waals surface area contributed by atoms with Crippen molar-refractivity contribution in [2.75, 3.05) is 0 Å². The third kappa shape index (κ3) is 2.44. The van der Waals surface area contributed by atoms with Crippen molar-refractivity contribution in [3.8, 4) is 0 Å². The molecule has 6 heteroatoms. The molecule has 0 aromatic carbocycles. The maximum atomic E-state index is 10.9. The third-order valence-electron chi connectivity index (χ3n) is 1.13. The van der Waals surface area contributed by atoms with Gasteiger partial charge in [-0.05, 0) is 12.1 Å². The average Bonchev–Trinajstić information content (AvgIpc) is 2.19. The molecule has 0 aliphatic carbocycles. The molecule has 1 aromatic heterocycles. The van der Waals surface area contributed by atoms with E-state index in [0.717, 1.165) is 0 Å². The number of ether oxygens (including phenoxy) is 1. The summed E-state index contributed by atoms with van der Waals surface area (Å²) in [5, 5.41) is 1.89. The molecule has 1 amide bonds. The van der Waals surface area contributed by atoms with E-state index in [1.54, 1.807) is 12.1 Å². The Morgan fingerprint density at radius 1 is 1.38 bits per heavy atom. The van der Waals surface area contributed by atoms with E-state index in [1.165, 1.54) is 12.3 Å². The molecule has 0 unspecified atom stereocenters. The van der Waals surface area contributed by atoms with Gasteiger partial charge in [0.25, 0.3) is 0 Å². The van der Waals surface area contributed by atoms with Gasteiger partial charge in [-0.3, -0.25) is 0 Å². The van der Waals surface area contributed by atoms with E-state index in [0.29, 0.717) is 0 Å². The predicted molar refractivity (Wildman–Crippen MR) is 40.8 cm³/mol. The Bertz CT molecular complexity index is 336. The smallest absolute Gasteiger partial charge is 0.368 e. The highest BCUT2D eigenvalue weighted by Crippen LogP contribution is 1.97. The fourth-order valence-corrected chi connectivity index (χ4v) is 0.634. The molecule has 0 atom stereocenters. The van der Waals surface area contributed by atoms with Crippen molar-refractivity contribution in [1.82, 2.24) is 4.98 Å². The van der Waals surface area contributed by atoms with Crippen molar-refractivity contribution < 1.29 is 14.3 Å². The zero-order chi connectivity index (χ0) is 9.68. The first-order chi connectivity index (χ1) is 6.24. The zero-order valence-corrected chi connectivity index (χ0v) is 6.34. The Hall–Kier alpha value is -2.11. The van der Waals surface area contributed by atoms with Crippen molar-refractivity contribution in [2.45, 2.75) is 0 Å². The maximum Gasteiger partial charge on any atom is 0.478 e. The minimum Gasteiger partial charge on any atom is -0.368 e. The molecule has 0 aliphatic heterocycles. The Morgan fingerprint density at radius 3 is 2.69 bits per heavy atom. The fraction of sp³-hybridized carbons (Fsp3) is 0. The lowest BCUT2D eigenvalue weighted by atomic mass is 10.4. The summed E-state index contributed by atoms with van der Waals surface area (Å²) in [6.45, 7) is 0. The van der Waals surface area contributed by atoms with Gasteiger partial charge < -0.3 is 4.74 Å². The van der Waals surface area contributed by atoms with Crippen LogP contribution in [0.3, 0.4) is 0 Å². The molecular formula is C7H4N2O4. The van der Waals surface area contributed by atoms with Crippen LogP contribution in [0.5, 0.6) is 0 Å². The molecular weight excluding hydrogens is 176 g/mol. The SMILES string of the molecule is O=NC(=O)OC(=O)c1ccccn1. The van der Waals surface area contributed by atoms with E-state index in [4.69, 9.17) is 0 Å². The highest BCUT2D eigenvalue weighted by Gasteiger charge is 2.13. The Labute approximate surface area is 72.5 Å². The highest BCUT2D eigenvalue weighted by molar-refractivity contribution is 5.94. The number of pyridine rings is 1. The van der Waals surface area contributed by atoms with Crippen molar-refractivity contribution in [1.29, 1.82) is 0 Å². The summed E-state index contributed by atoms with van der Waals surface area (Å²) < 4.78 is 3.97. The van der Waals surface area contributed by atoms with E-state index in [2.05, 4.69) is 9.72 Å². The van der Waals surface area contributed by atoms with Crippen LogP contribution >= 0.6 is 0 Å². The van der Waals surface area contributed by atoms with Crippen LogP contribution in [-0.2, 0) is 4.74 Å². The highest BCUT2D eigenvalue weighted by atomic mass is 16.6. The lowest BCUT2D eigenvalue weighted by Gasteiger charge is -1.95. The number of hydrogen-bond donors (Lipinski definition) is 0. The molecule has 1 aromatic rings. The standard InChI is InChI=1S/C7H4N2O4/c10-6(13-7(11)9-12)5-3-1-2-4-8-5/h1-4H. The van der Waals surface area contributed by atoms with Gasteiger partial charge in [0.1, 0.15) is 5.69 Å². The van der Waals surface area contributed by atoms with Crippen LogP contribution < -0.4 is 0 Å². The number of nitroso groups, excluding NO2 is 1. The number of carbonyl (C=O) groups is 2. The summed E-state index contributed by atoms with van der Waals surface area (Å²) >= 11 is 0. The second kappa shape index (κ2) is 4.05. The largest absolute Gasteiger partial charge is 0.478 e. The maximum absolute atomic E-state index is 10.9. The molecule has 0 saturated carbocycles. The van der Waals surface area contributed by atoms with Gasteiger partial charge in [-0.2, -0.15) is 0 Å². The van der Waals surface area contributed by atoms with Crippen LogP contribution in [0.2, 0.25) is 0 Å². The Morgan fingerprint density at radius 2 is 2.15 bits per heavy atom. The van der Waals surface area contributed by atoms with Gasteiger partial charge >= 0.3 is 12.1 Å². The van der Waals surface area contributed by atoms with Gasteiger partial charge in [0.15, 0.2) is 0 Å².